The molecule has 0 saturated carbocycles. The number of anilines is 1. The highest BCUT2D eigenvalue weighted by Gasteiger charge is 2.30. The van der Waals surface area contributed by atoms with E-state index in [1.807, 2.05) is 18.2 Å². The van der Waals surface area contributed by atoms with Crippen molar-refractivity contribution >= 4 is 35.6 Å². The summed E-state index contributed by atoms with van der Waals surface area (Å²) in [5, 5.41) is 3.55. The first kappa shape index (κ1) is 19.7. The highest BCUT2D eigenvalue weighted by atomic mass is 35.5. The lowest BCUT2D eigenvalue weighted by Crippen LogP contribution is -2.30. The number of carbonyl (C=O) groups excluding carboxylic acids is 1. The second kappa shape index (κ2) is 9.20. The quantitative estimate of drug-likeness (QED) is 0.835. The van der Waals surface area contributed by atoms with Gasteiger partial charge in [-0.2, -0.15) is 0 Å². The topological polar surface area (TPSA) is 58.4 Å². The number of hydrogen-bond donors (Lipinski definition) is 2. The molecule has 0 radical (unpaired) electrons. The Hall–Kier alpha value is -1.59. The van der Waals surface area contributed by atoms with Crippen LogP contribution in [-0.4, -0.2) is 36.5 Å². The van der Waals surface area contributed by atoms with Gasteiger partial charge in [-0.25, -0.2) is 0 Å². The minimum absolute atomic E-state index is 0. The SMILES string of the molecule is Cl.N[C@@H]1CN(CCC(=O)Nc2ccc(Cl)cc2)C[C@H]1c1ccccc1. The first-order valence-corrected chi connectivity index (χ1v) is 8.58. The third-order valence-corrected chi connectivity index (χ3v) is 4.70. The van der Waals surface area contributed by atoms with E-state index in [9.17, 15) is 4.79 Å². The maximum absolute atomic E-state index is 12.1. The van der Waals surface area contributed by atoms with E-state index >= 15 is 0 Å². The molecule has 1 fully saturated rings. The van der Waals surface area contributed by atoms with E-state index in [1.165, 1.54) is 5.56 Å². The van der Waals surface area contributed by atoms with Crippen LogP contribution in [0.25, 0.3) is 0 Å². The fourth-order valence-corrected chi connectivity index (χ4v) is 3.29. The number of nitrogens with one attached hydrogen (secondary N) is 1. The molecular weight excluding hydrogens is 357 g/mol. The fraction of sp³-hybridized carbons (Fsp3) is 0.316. The predicted molar refractivity (Wildman–Crippen MR) is 106 cm³/mol. The van der Waals surface area contributed by atoms with E-state index in [0.29, 0.717) is 17.4 Å². The molecule has 2 aromatic carbocycles. The number of nitrogens with zero attached hydrogens (tertiary/aromatic N) is 1. The van der Waals surface area contributed by atoms with E-state index in [0.717, 1.165) is 25.3 Å². The van der Waals surface area contributed by atoms with Gasteiger partial charge in [0.05, 0.1) is 0 Å². The van der Waals surface area contributed by atoms with Crippen LogP contribution < -0.4 is 11.1 Å². The molecule has 0 aromatic heterocycles. The molecule has 1 heterocycles. The average Bonchev–Trinajstić information content (AvgIpc) is 2.97. The standard InChI is InChI=1S/C19H22ClN3O.ClH/c20-15-6-8-16(9-7-15)22-19(24)10-11-23-12-17(18(21)13-23)14-4-2-1-3-5-14;/h1-9,17-18H,10-13,21H2,(H,22,24);1H/t17-,18+;/m0./s1. The molecular formula is C19H23Cl2N3O. The van der Waals surface area contributed by atoms with E-state index < -0.39 is 0 Å². The van der Waals surface area contributed by atoms with Gasteiger partial charge in [-0.1, -0.05) is 41.9 Å². The van der Waals surface area contributed by atoms with Crippen molar-refractivity contribution in [2.45, 2.75) is 18.4 Å². The number of likely N-dealkylation sites (tertiary alicyclic amines) is 1. The van der Waals surface area contributed by atoms with Crippen molar-refractivity contribution in [3.05, 3.63) is 65.2 Å². The molecule has 0 aliphatic carbocycles. The first-order chi connectivity index (χ1) is 11.6. The predicted octanol–water partition coefficient (Wildman–Crippen LogP) is 3.52. The lowest BCUT2D eigenvalue weighted by Gasteiger charge is -2.16. The summed E-state index contributed by atoms with van der Waals surface area (Å²) in [7, 11) is 0. The third-order valence-electron chi connectivity index (χ3n) is 4.45. The van der Waals surface area contributed by atoms with Crippen molar-refractivity contribution in [2.24, 2.45) is 5.73 Å². The van der Waals surface area contributed by atoms with Crippen LogP contribution in [0.5, 0.6) is 0 Å². The number of halogens is 2. The number of carbonyl (C=O) groups is 1. The van der Waals surface area contributed by atoms with Gasteiger partial charge in [0.25, 0.3) is 0 Å². The van der Waals surface area contributed by atoms with Crippen LogP contribution in [0.3, 0.4) is 0 Å². The normalized spacial score (nSPS) is 20.1. The maximum atomic E-state index is 12.1. The molecule has 1 saturated heterocycles. The minimum Gasteiger partial charge on any atom is -0.326 e. The highest BCUT2D eigenvalue weighted by molar-refractivity contribution is 6.30. The van der Waals surface area contributed by atoms with Crippen molar-refractivity contribution in [3.8, 4) is 0 Å². The Bertz CT molecular complexity index is 679. The summed E-state index contributed by atoms with van der Waals surface area (Å²) in [5.74, 6) is 0.347. The van der Waals surface area contributed by atoms with E-state index in [1.54, 1.807) is 24.3 Å². The van der Waals surface area contributed by atoms with Crippen LogP contribution in [0.1, 0.15) is 17.9 Å². The van der Waals surface area contributed by atoms with Gasteiger partial charge < -0.3 is 16.0 Å². The fourth-order valence-electron chi connectivity index (χ4n) is 3.17. The summed E-state index contributed by atoms with van der Waals surface area (Å²) in [4.78, 5) is 14.4. The lowest BCUT2D eigenvalue weighted by atomic mass is 9.95. The molecule has 2 aromatic rings. The van der Waals surface area contributed by atoms with Crippen molar-refractivity contribution in [1.29, 1.82) is 0 Å². The molecule has 1 aliphatic rings. The van der Waals surface area contributed by atoms with E-state index in [4.69, 9.17) is 17.3 Å². The van der Waals surface area contributed by atoms with Crippen LogP contribution in [0.4, 0.5) is 5.69 Å². The molecule has 0 spiro atoms. The molecule has 3 rings (SSSR count). The van der Waals surface area contributed by atoms with Crippen LogP contribution in [0, 0.1) is 0 Å². The molecule has 3 N–H and O–H groups in total. The number of rotatable bonds is 5. The zero-order chi connectivity index (χ0) is 16.9. The smallest absolute Gasteiger partial charge is 0.225 e. The molecule has 4 nitrogen and oxygen atoms in total. The van der Waals surface area contributed by atoms with Gasteiger partial charge >= 0.3 is 0 Å². The summed E-state index contributed by atoms with van der Waals surface area (Å²) in [6.07, 6.45) is 0.455. The molecule has 1 amide bonds. The second-order valence-corrected chi connectivity index (χ2v) is 6.68. The lowest BCUT2D eigenvalue weighted by molar-refractivity contribution is -0.116. The summed E-state index contributed by atoms with van der Waals surface area (Å²) in [6.45, 7) is 2.45. The second-order valence-electron chi connectivity index (χ2n) is 6.25. The van der Waals surface area contributed by atoms with Gasteiger partial charge in [0.15, 0.2) is 0 Å². The molecule has 0 bridgehead atoms. The maximum Gasteiger partial charge on any atom is 0.225 e. The first-order valence-electron chi connectivity index (χ1n) is 8.20. The monoisotopic (exact) mass is 379 g/mol. The van der Waals surface area contributed by atoms with Gasteiger partial charge in [0, 0.05) is 48.7 Å². The van der Waals surface area contributed by atoms with Crippen LogP contribution in [-0.2, 0) is 4.79 Å². The molecule has 25 heavy (non-hydrogen) atoms. The number of amides is 1. The van der Waals surface area contributed by atoms with Crippen LogP contribution >= 0.6 is 24.0 Å². The number of nitrogens with two attached hydrogens (primary N) is 1. The summed E-state index contributed by atoms with van der Waals surface area (Å²) >= 11 is 5.84. The van der Waals surface area contributed by atoms with Gasteiger partial charge in [-0.3, -0.25) is 4.79 Å². The van der Waals surface area contributed by atoms with Gasteiger partial charge in [0.1, 0.15) is 0 Å². The van der Waals surface area contributed by atoms with Crippen LogP contribution in [0.15, 0.2) is 54.6 Å². The van der Waals surface area contributed by atoms with Gasteiger partial charge in [-0.15, -0.1) is 12.4 Å². The molecule has 1 aliphatic heterocycles. The van der Waals surface area contributed by atoms with Crippen LogP contribution in [0.2, 0.25) is 5.02 Å². The Morgan fingerprint density at radius 3 is 2.48 bits per heavy atom. The number of hydrogen-bond acceptors (Lipinski definition) is 3. The zero-order valence-electron chi connectivity index (χ0n) is 13.9. The Balaban J connectivity index is 0.00000225. The minimum atomic E-state index is 0. The average molecular weight is 380 g/mol. The molecule has 0 unspecified atom stereocenters. The van der Waals surface area contributed by atoms with E-state index in [-0.39, 0.29) is 24.4 Å². The highest BCUT2D eigenvalue weighted by Crippen LogP contribution is 2.26. The molecule has 6 heteroatoms. The van der Waals surface area contributed by atoms with Crippen molar-refractivity contribution in [2.75, 3.05) is 25.0 Å². The van der Waals surface area contributed by atoms with Crippen molar-refractivity contribution in [3.63, 3.8) is 0 Å². The summed E-state index contributed by atoms with van der Waals surface area (Å²) < 4.78 is 0. The van der Waals surface area contributed by atoms with Gasteiger partial charge in [-0.05, 0) is 29.8 Å². The Morgan fingerprint density at radius 1 is 1.12 bits per heavy atom. The zero-order valence-corrected chi connectivity index (χ0v) is 15.5. The Morgan fingerprint density at radius 2 is 1.80 bits per heavy atom. The van der Waals surface area contributed by atoms with E-state index in [2.05, 4.69) is 22.3 Å². The largest absolute Gasteiger partial charge is 0.326 e. The molecule has 134 valence electrons. The van der Waals surface area contributed by atoms with Crippen molar-refractivity contribution in [1.82, 2.24) is 4.90 Å². The van der Waals surface area contributed by atoms with Gasteiger partial charge in [0.2, 0.25) is 5.91 Å². The summed E-state index contributed by atoms with van der Waals surface area (Å²) in [5.41, 5.74) is 8.34. The molecule has 2 atom stereocenters. The third kappa shape index (κ3) is 5.44. The Labute approximate surface area is 159 Å². The Kier molecular flexibility index (Phi) is 7.26. The summed E-state index contributed by atoms with van der Waals surface area (Å²) in [6, 6.07) is 17.6. The number of benzene rings is 2. The van der Waals surface area contributed by atoms with Crippen molar-refractivity contribution < 1.29 is 4.79 Å².